The third-order valence-corrected chi connectivity index (χ3v) is 12.0. The molecule has 11 atom stereocenters. The predicted molar refractivity (Wildman–Crippen MR) is 218 cm³/mol. The minimum atomic E-state index is -2.01. The standard InChI is InChI=1S/C46H59NO12/c1-8-37-28(4)19-20-45(59-37)24-35-23-34(58-45)18-17-30(6)41(57-44(51)39(47-53-7)31-14-10-9-11-15-31)29(5)13-12-16-33-26-55-42-40(49)32(25-54-38(48)21-27(2)3)22-36(43(50)56-35)46(33,42)52/h9-17,21-22,28-29,34-37,40-42,49,52H,8,18-20,23-26H2,1-7H3/b13-12+,30-17+,33-16+,47-39+/t28-,29-,34+,35-,36-,37+,40+,41+,42?,45?,46+/m0/s1. The van der Waals surface area contributed by atoms with E-state index in [2.05, 4.69) is 19.0 Å². The van der Waals surface area contributed by atoms with Crippen LogP contribution in [0.4, 0.5) is 0 Å². The smallest absolute Gasteiger partial charge is 0.361 e. The van der Waals surface area contributed by atoms with Crippen molar-refractivity contribution in [1.82, 2.24) is 0 Å². The maximum absolute atomic E-state index is 14.5. The lowest BCUT2D eigenvalue weighted by Gasteiger charge is -2.50. The first-order chi connectivity index (χ1) is 28.2. The van der Waals surface area contributed by atoms with E-state index in [1.54, 1.807) is 50.3 Å². The molecule has 1 aromatic carbocycles. The van der Waals surface area contributed by atoms with Gasteiger partial charge in [0.15, 0.2) is 11.5 Å². The molecule has 2 N–H and O–H groups in total. The highest BCUT2D eigenvalue weighted by atomic mass is 16.7. The molecule has 3 saturated heterocycles. The third-order valence-electron chi connectivity index (χ3n) is 12.0. The molecule has 59 heavy (non-hydrogen) atoms. The Hall–Kier alpha value is -4.40. The summed E-state index contributed by atoms with van der Waals surface area (Å²) in [7, 11) is 1.37. The summed E-state index contributed by atoms with van der Waals surface area (Å²) in [5, 5.41) is 28.2. The Labute approximate surface area is 346 Å². The summed E-state index contributed by atoms with van der Waals surface area (Å²) in [6.45, 7) is 11.2. The molecular weight excluding hydrogens is 759 g/mol. The van der Waals surface area contributed by atoms with E-state index in [0.717, 1.165) is 24.0 Å². The van der Waals surface area contributed by atoms with Gasteiger partial charge in [0.2, 0.25) is 0 Å². The number of ether oxygens (including phenoxy) is 6. The van der Waals surface area contributed by atoms with Crippen LogP contribution in [-0.4, -0.2) is 102 Å². The van der Waals surface area contributed by atoms with Crippen LogP contribution >= 0.6 is 0 Å². The van der Waals surface area contributed by atoms with Crippen LogP contribution in [0.3, 0.4) is 0 Å². The van der Waals surface area contributed by atoms with Crippen LogP contribution in [0.1, 0.15) is 85.6 Å². The van der Waals surface area contributed by atoms with Gasteiger partial charge in [-0.2, -0.15) is 0 Å². The van der Waals surface area contributed by atoms with Crippen molar-refractivity contribution in [2.75, 3.05) is 20.3 Å². The number of benzene rings is 1. The highest BCUT2D eigenvalue weighted by Crippen LogP contribution is 2.47. The average molecular weight is 818 g/mol. The molecule has 0 aromatic heterocycles. The maximum atomic E-state index is 14.5. The van der Waals surface area contributed by atoms with E-state index in [0.29, 0.717) is 36.3 Å². The van der Waals surface area contributed by atoms with Crippen molar-refractivity contribution >= 4 is 23.6 Å². The number of aliphatic hydroxyl groups is 2. The van der Waals surface area contributed by atoms with Gasteiger partial charge in [-0.05, 0) is 62.7 Å². The average Bonchev–Trinajstić information content (AvgIpc) is 3.54. The highest BCUT2D eigenvalue weighted by Gasteiger charge is 2.60. The number of rotatable bonds is 8. The van der Waals surface area contributed by atoms with E-state index in [1.807, 2.05) is 32.1 Å². The van der Waals surface area contributed by atoms with Crippen molar-refractivity contribution < 1.29 is 57.9 Å². The fraction of sp³-hybridized carbons (Fsp3) is 0.565. The van der Waals surface area contributed by atoms with Crippen LogP contribution in [0.2, 0.25) is 0 Å². The zero-order chi connectivity index (χ0) is 42.5. The number of carbonyl (C=O) groups excluding carboxylic acids is 3. The van der Waals surface area contributed by atoms with Crippen LogP contribution < -0.4 is 0 Å². The van der Waals surface area contributed by atoms with Gasteiger partial charge in [0.05, 0.1) is 18.8 Å². The van der Waals surface area contributed by atoms with E-state index in [4.69, 9.17) is 33.3 Å². The summed E-state index contributed by atoms with van der Waals surface area (Å²) in [5.41, 5.74) is 0.596. The quantitative estimate of drug-likeness (QED) is 0.0787. The van der Waals surface area contributed by atoms with Gasteiger partial charge < -0.3 is 43.5 Å². The first-order valence-corrected chi connectivity index (χ1v) is 20.7. The molecule has 1 aromatic rings. The van der Waals surface area contributed by atoms with Crippen molar-refractivity contribution in [2.24, 2.45) is 22.9 Å². The summed E-state index contributed by atoms with van der Waals surface area (Å²) >= 11 is 0. The van der Waals surface area contributed by atoms with Crippen LogP contribution in [0.25, 0.3) is 0 Å². The Bertz CT molecular complexity index is 1890. The number of hydrogen-bond donors (Lipinski definition) is 2. The zero-order valence-electron chi connectivity index (χ0n) is 35.1. The molecule has 1 aliphatic carbocycles. The molecular formula is C46H59NO12. The first kappa shape index (κ1) is 44.2. The van der Waals surface area contributed by atoms with Crippen LogP contribution in [0.5, 0.6) is 0 Å². The number of nitrogens with zero attached hydrogens (tertiary/aromatic N) is 1. The van der Waals surface area contributed by atoms with Crippen molar-refractivity contribution in [2.45, 2.75) is 128 Å². The van der Waals surface area contributed by atoms with Crippen LogP contribution in [-0.2, 0) is 47.6 Å². The monoisotopic (exact) mass is 817 g/mol. The molecule has 0 amide bonds. The lowest BCUT2D eigenvalue weighted by Crippen LogP contribution is -2.58. The number of oxime groups is 1. The van der Waals surface area contributed by atoms with E-state index in [9.17, 15) is 24.6 Å². The second-order valence-electron chi connectivity index (χ2n) is 16.7. The Morgan fingerprint density at radius 1 is 1.10 bits per heavy atom. The number of allylic oxidation sites excluding steroid dienone is 3. The van der Waals surface area contributed by atoms with Gasteiger partial charge in [0.25, 0.3) is 0 Å². The molecule has 2 bridgehead atoms. The van der Waals surface area contributed by atoms with Gasteiger partial charge >= 0.3 is 17.9 Å². The molecule has 6 rings (SSSR count). The van der Waals surface area contributed by atoms with Gasteiger partial charge in [-0.3, -0.25) is 4.79 Å². The van der Waals surface area contributed by atoms with Crippen molar-refractivity contribution in [3.05, 3.63) is 94.6 Å². The first-order valence-electron chi connectivity index (χ1n) is 20.7. The fourth-order valence-corrected chi connectivity index (χ4v) is 8.91. The van der Waals surface area contributed by atoms with Gasteiger partial charge in [0.1, 0.15) is 49.7 Å². The third kappa shape index (κ3) is 9.81. The van der Waals surface area contributed by atoms with Crippen molar-refractivity contribution in [1.29, 1.82) is 0 Å². The Morgan fingerprint density at radius 2 is 1.86 bits per heavy atom. The molecule has 4 heterocycles. The maximum Gasteiger partial charge on any atom is 0.361 e. The Balaban J connectivity index is 1.40. The highest BCUT2D eigenvalue weighted by molar-refractivity contribution is 6.43. The van der Waals surface area contributed by atoms with E-state index < -0.39 is 71.7 Å². The Kier molecular flexibility index (Phi) is 14.1. The second-order valence-corrected chi connectivity index (χ2v) is 16.7. The number of esters is 3. The predicted octanol–water partition coefficient (Wildman–Crippen LogP) is 5.99. The normalized spacial score (nSPS) is 37.3. The summed E-state index contributed by atoms with van der Waals surface area (Å²) in [6.07, 6.45) is 8.69. The summed E-state index contributed by atoms with van der Waals surface area (Å²) in [5.74, 6) is -4.39. The number of hydrogen-bond acceptors (Lipinski definition) is 13. The molecule has 13 heteroatoms. The number of aliphatic hydroxyl groups excluding tert-OH is 1. The van der Waals surface area contributed by atoms with E-state index in [-0.39, 0.29) is 37.0 Å². The molecule has 1 spiro atoms. The van der Waals surface area contributed by atoms with E-state index >= 15 is 0 Å². The minimum Gasteiger partial charge on any atom is -0.462 e. The molecule has 5 aliphatic rings. The van der Waals surface area contributed by atoms with Crippen molar-refractivity contribution in [3.63, 3.8) is 0 Å². The van der Waals surface area contributed by atoms with Gasteiger partial charge in [-0.15, -0.1) is 0 Å². The molecule has 3 fully saturated rings. The zero-order valence-corrected chi connectivity index (χ0v) is 35.1. The Morgan fingerprint density at radius 3 is 2.58 bits per heavy atom. The second kappa shape index (κ2) is 18.9. The molecule has 320 valence electrons. The number of fused-ring (bicyclic) bond motifs is 2. The summed E-state index contributed by atoms with van der Waals surface area (Å²) in [6, 6.07) is 8.93. The summed E-state index contributed by atoms with van der Waals surface area (Å²) in [4.78, 5) is 45.9. The number of carbonyl (C=O) groups is 3. The van der Waals surface area contributed by atoms with Gasteiger partial charge in [0, 0.05) is 36.8 Å². The topological polar surface area (TPSA) is 169 Å². The van der Waals surface area contributed by atoms with Crippen molar-refractivity contribution in [3.8, 4) is 0 Å². The SMILES string of the molecule is CC[C@H]1OC2(CC[C@@H]1C)C[C@@H]1C[C@@H](C/C=C(\C)[C@H](OC(=O)/C(=N/OC)c3ccccc3)[C@@H](C)/C=C/C=C3\COC4[C@H](O)C(COC(=O)C=C(C)C)=C[C@@H](C(=O)O1)[C@]34O)O2. The molecule has 0 saturated carbocycles. The lowest BCUT2D eigenvalue weighted by molar-refractivity contribution is -0.335. The largest absolute Gasteiger partial charge is 0.462 e. The van der Waals surface area contributed by atoms with Gasteiger partial charge in [-0.25, -0.2) is 9.59 Å². The van der Waals surface area contributed by atoms with E-state index in [1.165, 1.54) is 19.3 Å². The summed E-state index contributed by atoms with van der Waals surface area (Å²) < 4.78 is 37.6. The molecule has 4 aliphatic heterocycles. The molecule has 13 nitrogen and oxygen atoms in total. The van der Waals surface area contributed by atoms with Gasteiger partial charge in [-0.1, -0.05) is 92.2 Å². The molecule has 0 radical (unpaired) electrons. The minimum absolute atomic E-state index is 0.0140. The lowest BCUT2D eigenvalue weighted by atomic mass is 9.70. The van der Waals surface area contributed by atoms with Crippen LogP contribution in [0, 0.1) is 17.8 Å². The fourth-order valence-electron chi connectivity index (χ4n) is 8.91. The molecule has 2 unspecified atom stereocenters. The van der Waals surface area contributed by atoms with Crippen LogP contribution in [0.15, 0.2) is 94.2 Å².